The zero-order valence-electron chi connectivity index (χ0n) is 16.8. The Labute approximate surface area is 166 Å². The molecule has 0 saturated carbocycles. The minimum absolute atomic E-state index is 0.000640. The van der Waals surface area contributed by atoms with Gasteiger partial charge in [0.15, 0.2) is 0 Å². The van der Waals surface area contributed by atoms with Gasteiger partial charge in [0, 0.05) is 52.0 Å². The minimum atomic E-state index is -0.103. The van der Waals surface area contributed by atoms with Crippen LogP contribution in [0.4, 0.5) is 0 Å². The predicted octanol–water partition coefficient (Wildman–Crippen LogP) is 0.576. The van der Waals surface area contributed by atoms with Gasteiger partial charge in [0.1, 0.15) is 5.69 Å². The van der Waals surface area contributed by atoms with Gasteiger partial charge in [0.2, 0.25) is 5.91 Å². The summed E-state index contributed by atoms with van der Waals surface area (Å²) in [5.41, 5.74) is 0.528. The molecule has 0 aliphatic carbocycles. The fraction of sp³-hybridized carbons (Fsp3) is 0.750. The summed E-state index contributed by atoms with van der Waals surface area (Å²) in [4.78, 5) is 31.5. The number of hydrogen-bond donors (Lipinski definition) is 1. The molecule has 0 spiro atoms. The molecule has 1 N–H and O–H groups in total. The molecule has 2 atom stereocenters. The standard InChI is InChI=1S/C20H32N6O2/c1-16(19(27)24-8-2-3-9-24)23-11-13-25(14-12-23)20(28)18-6-10-26(22-18)17-5-4-7-21-15-17/h6,10,16-17,21H,2-5,7-9,11-15H2,1H3. The van der Waals surface area contributed by atoms with Crippen molar-refractivity contribution in [3.8, 4) is 0 Å². The summed E-state index contributed by atoms with van der Waals surface area (Å²) in [5, 5.41) is 7.94. The normalized spacial score (nSPS) is 25.1. The van der Waals surface area contributed by atoms with Gasteiger partial charge >= 0.3 is 0 Å². The zero-order chi connectivity index (χ0) is 19.5. The Kier molecular flexibility index (Phi) is 5.96. The van der Waals surface area contributed by atoms with E-state index in [1.165, 1.54) is 0 Å². The molecule has 154 valence electrons. The summed E-state index contributed by atoms with van der Waals surface area (Å²) in [6, 6.07) is 2.07. The summed E-state index contributed by atoms with van der Waals surface area (Å²) >= 11 is 0. The summed E-state index contributed by atoms with van der Waals surface area (Å²) in [7, 11) is 0. The van der Waals surface area contributed by atoms with Crippen LogP contribution in [-0.4, -0.2) is 94.7 Å². The number of rotatable bonds is 4. The van der Waals surface area contributed by atoms with Crippen molar-refractivity contribution < 1.29 is 9.59 Å². The van der Waals surface area contributed by atoms with E-state index in [0.717, 1.165) is 65.0 Å². The van der Waals surface area contributed by atoms with Gasteiger partial charge in [-0.05, 0) is 45.2 Å². The van der Waals surface area contributed by atoms with Crippen LogP contribution in [0.25, 0.3) is 0 Å². The van der Waals surface area contributed by atoms with E-state index < -0.39 is 0 Å². The number of amides is 2. The van der Waals surface area contributed by atoms with E-state index in [1.54, 1.807) is 0 Å². The molecule has 1 aromatic heterocycles. The molecule has 1 aromatic rings. The summed E-state index contributed by atoms with van der Waals surface area (Å²) in [6.45, 7) is 8.52. The molecule has 28 heavy (non-hydrogen) atoms. The average Bonchev–Trinajstić information content (AvgIpc) is 3.45. The van der Waals surface area contributed by atoms with Crippen molar-refractivity contribution in [2.75, 3.05) is 52.4 Å². The summed E-state index contributed by atoms with van der Waals surface area (Å²) in [5.74, 6) is 0.234. The maximum atomic E-state index is 12.9. The Morgan fingerprint density at radius 1 is 1.07 bits per heavy atom. The van der Waals surface area contributed by atoms with E-state index in [1.807, 2.05) is 33.7 Å². The average molecular weight is 389 g/mol. The van der Waals surface area contributed by atoms with E-state index >= 15 is 0 Å². The lowest BCUT2D eigenvalue weighted by Gasteiger charge is -2.38. The van der Waals surface area contributed by atoms with Gasteiger partial charge in [-0.15, -0.1) is 0 Å². The lowest BCUT2D eigenvalue weighted by Crippen LogP contribution is -2.55. The van der Waals surface area contributed by atoms with Crippen LogP contribution in [-0.2, 0) is 4.79 Å². The van der Waals surface area contributed by atoms with Crippen LogP contribution in [0.5, 0.6) is 0 Å². The molecule has 0 radical (unpaired) electrons. The fourth-order valence-electron chi connectivity index (χ4n) is 4.55. The molecule has 4 heterocycles. The first-order chi connectivity index (χ1) is 13.6. The molecule has 8 nitrogen and oxygen atoms in total. The first kappa shape index (κ1) is 19.4. The highest BCUT2D eigenvalue weighted by molar-refractivity contribution is 5.92. The quantitative estimate of drug-likeness (QED) is 0.817. The van der Waals surface area contributed by atoms with Gasteiger partial charge < -0.3 is 15.1 Å². The number of nitrogens with zero attached hydrogens (tertiary/aromatic N) is 5. The SMILES string of the molecule is CC(C(=O)N1CCCC1)N1CCN(C(=O)c2ccn(C3CCCNC3)n2)CC1. The molecule has 2 unspecified atom stereocenters. The first-order valence-corrected chi connectivity index (χ1v) is 10.7. The highest BCUT2D eigenvalue weighted by atomic mass is 16.2. The Morgan fingerprint density at radius 3 is 2.50 bits per heavy atom. The molecule has 4 rings (SSSR count). The maximum absolute atomic E-state index is 12.9. The highest BCUT2D eigenvalue weighted by Crippen LogP contribution is 2.18. The first-order valence-electron chi connectivity index (χ1n) is 10.7. The Bertz CT molecular complexity index is 685. The smallest absolute Gasteiger partial charge is 0.274 e. The van der Waals surface area contributed by atoms with Crippen molar-refractivity contribution in [3.05, 3.63) is 18.0 Å². The molecule has 3 aliphatic heterocycles. The van der Waals surface area contributed by atoms with Crippen LogP contribution in [0, 0.1) is 0 Å². The lowest BCUT2D eigenvalue weighted by molar-refractivity contribution is -0.135. The van der Waals surface area contributed by atoms with Gasteiger partial charge in [-0.25, -0.2) is 0 Å². The number of aromatic nitrogens is 2. The van der Waals surface area contributed by atoms with Crippen molar-refractivity contribution in [3.63, 3.8) is 0 Å². The number of nitrogens with one attached hydrogen (secondary N) is 1. The summed E-state index contributed by atoms with van der Waals surface area (Å²) < 4.78 is 1.94. The number of carbonyl (C=O) groups excluding carboxylic acids is 2. The molecular formula is C20H32N6O2. The van der Waals surface area contributed by atoms with Crippen molar-refractivity contribution in [2.45, 2.75) is 44.7 Å². The van der Waals surface area contributed by atoms with E-state index in [4.69, 9.17) is 0 Å². The molecule has 0 bridgehead atoms. The maximum Gasteiger partial charge on any atom is 0.274 e. The van der Waals surface area contributed by atoms with Gasteiger partial charge in [-0.2, -0.15) is 5.10 Å². The number of piperidine rings is 1. The zero-order valence-corrected chi connectivity index (χ0v) is 16.8. The molecule has 3 saturated heterocycles. The molecule has 0 aromatic carbocycles. The second kappa shape index (κ2) is 8.61. The van der Waals surface area contributed by atoms with E-state index in [9.17, 15) is 9.59 Å². The predicted molar refractivity (Wildman–Crippen MR) is 106 cm³/mol. The highest BCUT2D eigenvalue weighted by Gasteiger charge is 2.31. The third-order valence-electron chi connectivity index (χ3n) is 6.40. The third-order valence-corrected chi connectivity index (χ3v) is 6.40. The van der Waals surface area contributed by atoms with Crippen LogP contribution in [0.2, 0.25) is 0 Å². The lowest BCUT2D eigenvalue weighted by atomic mass is 10.1. The van der Waals surface area contributed by atoms with Gasteiger partial charge in [-0.1, -0.05) is 0 Å². The summed E-state index contributed by atoms with van der Waals surface area (Å²) in [6.07, 6.45) is 6.40. The van der Waals surface area contributed by atoms with E-state index in [-0.39, 0.29) is 17.9 Å². The van der Waals surface area contributed by atoms with Crippen LogP contribution in [0.15, 0.2) is 12.3 Å². The van der Waals surface area contributed by atoms with Gasteiger partial charge in [0.05, 0.1) is 12.1 Å². The number of carbonyl (C=O) groups is 2. The van der Waals surface area contributed by atoms with Crippen molar-refractivity contribution in [2.24, 2.45) is 0 Å². The number of piperazine rings is 1. The largest absolute Gasteiger partial charge is 0.341 e. The Morgan fingerprint density at radius 2 is 1.82 bits per heavy atom. The number of likely N-dealkylation sites (tertiary alicyclic amines) is 1. The van der Waals surface area contributed by atoms with Crippen LogP contribution in [0.1, 0.15) is 49.1 Å². The molecule has 8 heteroatoms. The monoisotopic (exact) mass is 388 g/mol. The van der Waals surface area contributed by atoms with E-state index in [2.05, 4.69) is 15.3 Å². The second-order valence-corrected chi connectivity index (χ2v) is 8.22. The molecule has 3 aliphatic rings. The third kappa shape index (κ3) is 4.07. The van der Waals surface area contributed by atoms with Crippen LogP contribution >= 0.6 is 0 Å². The second-order valence-electron chi connectivity index (χ2n) is 8.22. The van der Waals surface area contributed by atoms with Gasteiger partial charge in [-0.3, -0.25) is 19.2 Å². The Hall–Kier alpha value is -1.93. The fourth-order valence-corrected chi connectivity index (χ4v) is 4.55. The molecular weight excluding hydrogens is 356 g/mol. The van der Waals surface area contributed by atoms with Crippen molar-refractivity contribution >= 4 is 11.8 Å². The van der Waals surface area contributed by atoms with Crippen LogP contribution < -0.4 is 5.32 Å². The number of hydrogen-bond acceptors (Lipinski definition) is 5. The van der Waals surface area contributed by atoms with Crippen molar-refractivity contribution in [1.29, 1.82) is 0 Å². The minimum Gasteiger partial charge on any atom is -0.341 e. The molecule has 2 amide bonds. The topological polar surface area (TPSA) is 73.7 Å². The van der Waals surface area contributed by atoms with Crippen LogP contribution in [0.3, 0.4) is 0 Å². The van der Waals surface area contributed by atoms with Gasteiger partial charge in [0.25, 0.3) is 5.91 Å². The molecule has 3 fully saturated rings. The van der Waals surface area contributed by atoms with Crippen molar-refractivity contribution in [1.82, 2.24) is 29.8 Å². The van der Waals surface area contributed by atoms with E-state index in [0.29, 0.717) is 24.8 Å². The Balaban J connectivity index is 1.30.